The highest BCUT2D eigenvalue weighted by molar-refractivity contribution is 5.83. The Balaban J connectivity index is 1.74. The van der Waals surface area contributed by atoms with Gasteiger partial charge in [-0.25, -0.2) is 0 Å². The van der Waals surface area contributed by atoms with E-state index in [4.69, 9.17) is 0 Å². The van der Waals surface area contributed by atoms with Crippen LogP contribution in [-0.2, 0) is 13.1 Å². The Morgan fingerprint density at radius 2 is 1.83 bits per heavy atom. The Morgan fingerprint density at radius 1 is 1.12 bits per heavy atom. The molecule has 1 fully saturated rings. The molecular weight excluding hydrogens is 315 g/mol. The van der Waals surface area contributed by atoms with Crippen molar-refractivity contribution >= 4 is 10.9 Å². The lowest BCUT2D eigenvalue weighted by Gasteiger charge is -2.35. The summed E-state index contributed by atoms with van der Waals surface area (Å²) in [7, 11) is 4.23. The molecule has 3 nitrogen and oxygen atoms in total. The summed E-state index contributed by atoms with van der Waals surface area (Å²) in [6.07, 6.45) is -0.383. The molecule has 0 aliphatic carbocycles. The molecule has 1 aromatic heterocycles. The summed E-state index contributed by atoms with van der Waals surface area (Å²) in [5.41, 5.74) is 1.77. The summed E-state index contributed by atoms with van der Waals surface area (Å²) in [6.45, 7) is 1.92. The fourth-order valence-electron chi connectivity index (χ4n) is 3.59. The maximum Gasteiger partial charge on any atom is 0.406 e. The van der Waals surface area contributed by atoms with Crippen LogP contribution in [0.5, 0.6) is 0 Å². The van der Waals surface area contributed by atoms with Gasteiger partial charge in [0.2, 0.25) is 0 Å². The van der Waals surface area contributed by atoms with Crippen LogP contribution in [0.3, 0.4) is 0 Å². The lowest BCUT2D eigenvalue weighted by atomic mass is 10.0. The van der Waals surface area contributed by atoms with Crippen molar-refractivity contribution in [1.82, 2.24) is 14.4 Å². The highest BCUT2D eigenvalue weighted by atomic mass is 19.4. The van der Waals surface area contributed by atoms with Crippen LogP contribution in [0.15, 0.2) is 30.5 Å². The smallest absolute Gasteiger partial charge is 0.338 e. The van der Waals surface area contributed by atoms with Crippen LogP contribution >= 0.6 is 0 Å². The molecule has 1 saturated heterocycles. The number of nitrogens with zero attached hydrogens (tertiary/aromatic N) is 3. The van der Waals surface area contributed by atoms with E-state index in [2.05, 4.69) is 23.9 Å². The number of hydrogen-bond acceptors (Lipinski definition) is 2. The molecule has 0 amide bonds. The summed E-state index contributed by atoms with van der Waals surface area (Å²) in [4.78, 5) is 4.67. The fraction of sp³-hybridized carbons (Fsp3) is 0.556. The van der Waals surface area contributed by atoms with E-state index in [0.717, 1.165) is 43.4 Å². The van der Waals surface area contributed by atoms with Crippen molar-refractivity contribution in [3.63, 3.8) is 0 Å². The van der Waals surface area contributed by atoms with Gasteiger partial charge in [-0.05, 0) is 57.7 Å². The van der Waals surface area contributed by atoms with Crippen molar-refractivity contribution in [3.05, 3.63) is 36.0 Å². The van der Waals surface area contributed by atoms with E-state index in [-0.39, 0.29) is 0 Å². The van der Waals surface area contributed by atoms with E-state index in [0.29, 0.717) is 11.6 Å². The van der Waals surface area contributed by atoms with Crippen molar-refractivity contribution in [2.75, 3.05) is 27.2 Å². The van der Waals surface area contributed by atoms with Crippen LogP contribution in [-0.4, -0.2) is 53.8 Å². The van der Waals surface area contributed by atoms with Crippen molar-refractivity contribution in [2.24, 2.45) is 0 Å². The molecule has 0 spiro atoms. The molecule has 3 rings (SSSR count). The third-order valence-electron chi connectivity index (χ3n) is 4.93. The average molecular weight is 339 g/mol. The second-order valence-corrected chi connectivity index (χ2v) is 6.88. The molecule has 1 aromatic carbocycles. The third-order valence-corrected chi connectivity index (χ3v) is 4.93. The number of hydrogen-bond donors (Lipinski definition) is 0. The molecule has 0 unspecified atom stereocenters. The predicted octanol–water partition coefficient (Wildman–Crippen LogP) is 3.73. The molecule has 0 radical (unpaired) electrons. The minimum atomic E-state index is -4.20. The number of likely N-dealkylation sites (tertiary alicyclic amines) is 1. The first-order valence-corrected chi connectivity index (χ1v) is 8.36. The highest BCUT2D eigenvalue weighted by Gasteiger charge is 2.28. The number of halogens is 3. The van der Waals surface area contributed by atoms with Crippen LogP contribution in [0.2, 0.25) is 0 Å². The lowest BCUT2D eigenvalue weighted by Crippen LogP contribution is -2.41. The Kier molecular flexibility index (Phi) is 4.88. The fourth-order valence-corrected chi connectivity index (χ4v) is 3.59. The molecule has 1 aliphatic heterocycles. The summed E-state index contributed by atoms with van der Waals surface area (Å²) >= 11 is 0. The van der Waals surface area contributed by atoms with Crippen molar-refractivity contribution < 1.29 is 13.2 Å². The van der Waals surface area contributed by atoms with Gasteiger partial charge in [0.25, 0.3) is 0 Å². The Hall–Kier alpha value is -1.53. The van der Waals surface area contributed by atoms with Gasteiger partial charge in [-0.15, -0.1) is 0 Å². The normalized spacial score (nSPS) is 17.9. The molecule has 0 saturated carbocycles. The summed E-state index contributed by atoms with van der Waals surface area (Å²) in [5.74, 6) is 0. The van der Waals surface area contributed by atoms with E-state index < -0.39 is 12.7 Å². The van der Waals surface area contributed by atoms with Gasteiger partial charge in [-0.2, -0.15) is 13.2 Å². The van der Waals surface area contributed by atoms with E-state index in [9.17, 15) is 13.2 Å². The zero-order valence-corrected chi connectivity index (χ0v) is 14.2. The van der Waals surface area contributed by atoms with Gasteiger partial charge in [-0.1, -0.05) is 12.1 Å². The van der Waals surface area contributed by atoms with E-state index in [1.165, 1.54) is 4.57 Å². The van der Waals surface area contributed by atoms with Gasteiger partial charge in [0.1, 0.15) is 6.54 Å². The number of benzene rings is 1. The molecule has 2 heterocycles. The first-order valence-electron chi connectivity index (χ1n) is 8.36. The number of alkyl halides is 3. The molecular formula is C18H24F3N3. The monoisotopic (exact) mass is 339 g/mol. The Morgan fingerprint density at radius 3 is 2.46 bits per heavy atom. The molecule has 2 aromatic rings. The van der Waals surface area contributed by atoms with E-state index >= 15 is 0 Å². The minimum absolute atomic E-state index is 0.630. The molecule has 24 heavy (non-hydrogen) atoms. The van der Waals surface area contributed by atoms with Gasteiger partial charge in [0.05, 0.1) is 0 Å². The zero-order valence-electron chi connectivity index (χ0n) is 14.2. The lowest BCUT2D eigenvalue weighted by molar-refractivity contribution is -0.139. The molecule has 6 heteroatoms. The quantitative estimate of drug-likeness (QED) is 0.841. The SMILES string of the molecule is CN(C)C1CCN(Cc2cccc3c2ccn3CC(F)(F)F)CC1. The minimum Gasteiger partial charge on any atom is -0.338 e. The van der Waals surface area contributed by atoms with Gasteiger partial charge in [0.15, 0.2) is 0 Å². The van der Waals surface area contributed by atoms with Crippen LogP contribution in [0, 0.1) is 0 Å². The van der Waals surface area contributed by atoms with Crippen molar-refractivity contribution in [3.8, 4) is 0 Å². The summed E-state index contributed by atoms with van der Waals surface area (Å²) in [6, 6.07) is 8.09. The Labute approximate surface area is 140 Å². The van der Waals surface area contributed by atoms with E-state index in [1.54, 1.807) is 12.3 Å². The van der Waals surface area contributed by atoms with Crippen LogP contribution in [0.25, 0.3) is 10.9 Å². The van der Waals surface area contributed by atoms with E-state index in [1.807, 2.05) is 18.2 Å². The third kappa shape index (κ3) is 3.92. The largest absolute Gasteiger partial charge is 0.406 e. The molecule has 132 valence electrons. The first-order chi connectivity index (χ1) is 11.3. The number of piperidine rings is 1. The highest BCUT2D eigenvalue weighted by Crippen LogP contribution is 2.26. The Bertz CT molecular complexity index is 682. The maximum atomic E-state index is 12.7. The first kappa shape index (κ1) is 17.3. The predicted molar refractivity (Wildman–Crippen MR) is 90.0 cm³/mol. The molecule has 0 bridgehead atoms. The topological polar surface area (TPSA) is 11.4 Å². The second kappa shape index (κ2) is 6.76. The standard InChI is InChI=1S/C18H24F3N3/c1-22(2)15-6-9-23(10-7-15)12-14-4-3-5-17-16(14)8-11-24(17)13-18(19,20)21/h3-5,8,11,15H,6-7,9-10,12-13H2,1-2H3. The summed E-state index contributed by atoms with van der Waals surface area (Å²) in [5, 5.41) is 0.927. The number of rotatable bonds is 4. The average Bonchev–Trinajstić information content (AvgIpc) is 2.90. The zero-order chi connectivity index (χ0) is 17.3. The van der Waals surface area contributed by atoms with Gasteiger partial charge in [0, 0.05) is 29.7 Å². The van der Waals surface area contributed by atoms with Crippen LogP contribution in [0.1, 0.15) is 18.4 Å². The van der Waals surface area contributed by atoms with Crippen LogP contribution < -0.4 is 0 Å². The van der Waals surface area contributed by atoms with Gasteiger partial charge in [-0.3, -0.25) is 4.90 Å². The molecule has 0 atom stereocenters. The second-order valence-electron chi connectivity index (χ2n) is 6.88. The summed E-state index contributed by atoms with van der Waals surface area (Å²) < 4.78 is 39.4. The van der Waals surface area contributed by atoms with Crippen molar-refractivity contribution in [2.45, 2.75) is 38.1 Å². The van der Waals surface area contributed by atoms with Crippen molar-refractivity contribution in [1.29, 1.82) is 0 Å². The number of aromatic nitrogens is 1. The number of fused-ring (bicyclic) bond motifs is 1. The molecule has 1 aliphatic rings. The maximum absolute atomic E-state index is 12.7. The van der Waals surface area contributed by atoms with Gasteiger partial charge >= 0.3 is 6.18 Å². The van der Waals surface area contributed by atoms with Gasteiger partial charge < -0.3 is 9.47 Å². The molecule has 0 N–H and O–H groups in total. The van der Waals surface area contributed by atoms with Crippen LogP contribution in [0.4, 0.5) is 13.2 Å².